The van der Waals surface area contributed by atoms with Crippen LogP contribution in [0.5, 0.6) is 0 Å². The summed E-state index contributed by atoms with van der Waals surface area (Å²) in [4.78, 5) is 27.8. The largest absolute Gasteiger partial charge is 0.450 e. The molecule has 0 bridgehead atoms. The van der Waals surface area contributed by atoms with Crippen molar-refractivity contribution in [3.63, 3.8) is 0 Å². The van der Waals surface area contributed by atoms with Gasteiger partial charge in [0, 0.05) is 33.9 Å². The summed E-state index contributed by atoms with van der Waals surface area (Å²) in [6.45, 7) is 2.68. The zero-order valence-corrected chi connectivity index (χ0v) is 15.7. The van der Waals surface area contributed by atoms with Gasteiger partial charge in [-0.15, -0.1) is 11.3 Å². The van der Waals surface area contributed by atoms with Gasteiger partial charge in [0.05, 0.1) is 0 Å². The van der Waals surface area contributed by atoms with Crippen LogP contribution in [0.2, 0.25) is 5.02 Å². The molecule has 134 valence electrons. The van der Waals surface area contributed by atoms with Gasteiger partial charge in [-0.25, -0.2) is 4.79 Å². The van der Waals surface area contributed by atoms with E-state index in [1.165, 1.54) is 10.4 Å². The van der Waals surface area contributed by atoms with E-state index in [9.17, 15) is 9.59 Å². The smallest absolute Gasteiger partial charge is 0.375 e. The van der Waals surface area contributed by atoms with Crippen molar-refractivity contribution in [3.8, 4) is 0 Å². The topological polar surface area (TPSA) is 59.8 Å². The zero-order chi connectivity index (χ0) is 18.3. The molecule has 1 amide bonds. The first-order chi connectivity index (χ1) is 12.5. The number of nitrogens with zero attached hydrogens (tertiary/aromatic N) is 1. The quantitative estimate of drug-likeness (QED) is 0.630. The molecule has 0 aliphatic carbocycles. The molecule has 3 heterocycles. The summed E-state index contributed by atoms with van der Waals surface area (Å²) >= 11 is 7.70. The first-order valence-electron chi connectivity index (χ1n) is 8.21. The summed E-state index contributed by atoms with van der Waals surface area (Å²) < 4.78 is 10.8. The number of amides is 1. The third-order valence-electron chi connectivity index (χ3n) is 4.57. The van der Waals surface area contributed by atoms with Crippen molar-refractivity contribution in [3.05, 3.63) is 56.4 Å². The second kappa shape index (κ2) is 6.78. The SMILES string of the molecule is Cc1c(C(=O)OCC(=O)N2CCc3sccc3C2)oc2ccc(Cl)cc12. The highest BCUT2D eigenvalue weighted by Crippen LogP contribution is 2.28. The molecule has 4 rings (SSSR count). The van der Waals surface area contributed by atoms with E-state index < -0.39 is 5.97 Å². The Morgan fingerprint density at radius 3 is 3.04 bits per heavy atom. The number of ether oxygens (including phenoxy) is 1. The van der Waals surface area contributed by atoms with Gasteiger partial charge in [0.15, 0.2) is 6.61 Å². The maximum Gasteiger partial charge on any atom is 0.375 e. The van der Waals surface area contributed by atoms with Gasteiger partial charge in [-0.2, -0.15) is 0 Å². The lowest BCUT2D eigenvalue weighted by Crippen LogP contribution is -2.38. The number of fused-ring (bicyclic) bond motifs is 2. The monoisotopic (exact) mass is 389 g/mol. The lowest BCUT2D eigenvalue weighted by molar-refractivity contribution is -0.135. The van der Waals surface area contributed by atoms with Crippen LogP contribution in [-0.4, -0.2) is 29.9 Å². The van der Waals surface area contributed by atoms with Crippen LogP contribution in [0, 0.1) is 6.92 Å². The van der Waals surface area contributed by atoms with Crippen molar-refractivity contribution in [1.29, 1.82) is 0 Å². The van der Waals surface area contributed by atoms with Gasteiger partial charge in [0.25, 0.3) is 5.91 Å². The maximum absolute atomic E-state index is 12.4. The normalized spacial score (nSPS) is 13.7. The Morgan fingerprint density at radius 1 is 1.35 bits per heavy atom. The zero-order valence-electron chi connectivity index (χ0n) is 14.1. The van der Waals surface area contributed by atoms with E-state index in [0.717, 1.165) is 11.8 Å². The van der Waals surface area contributed by atoms with E-state index in [2.05, 4.69) is 0 Å². The number of benzene rings is 1. The number of carbonyl (C=O) groups excluding carboxylic acids is 2. The molecular formula is C19H16ClNO4S. The van der Waals surface area contributed by atoms with Crippen molar-refractivity contribution in [1.82, 2.24) is 4.90 Å². The van der Waals surface area contributed by atoms with Crippen LogP contribution < -0.4 is 0 Å². The van der Waals surface area contributed by atoms with Crippen molar-refractivity contribution >= 4 is 45.8 Å². The summed E-state index contributed by atoms with van der Waals surface area (Å²) in [5.74, 6) is -0.739. The highest BCUT2D eigenvalue weighted by molar-refractivity contribution is 7.10. The van der Waals surface area contributed by atoms with E-state index in [0.29, 0.717) is 29.3 Å². The molecule has 0 saturated heterocycles. The fraction of sp³-hybridized carbons (Fsp3) is 0.263. The van der Waals surface area contributed by atoms with Crippen LogP contribution in [0.4, 0.5) is 0 Å². The number of carbonyl (C=O) groups is 2. The Balaban J connectivity index is 1.43. The number of esters is 1. The molecule has 0 fully saturated rings. The van der Waals surface area contributed by atoms with Crippen LogP contribution in [0.3, 0.4) is 0 Å². The fourth-order valence-electron chi connectivity index (χ4n) is 3.13. The van der Waals surface area contributed by atoms with E-state index in [-0.39, 0.29) is 18.3 Å². The average Bonchev–Trinajstić information content (AvgIpc) is 3.23. The summed E-state index contributed by atoms with van der Waals surface area (Å²) in [7, 11) is 0. The number of hydrogen-bond acceptors (Lipinski definition) is 5. The number of rotatable bonds is 3. The minimum absolute atomic E-state index is 0.105. The van der Waals surface area contributed by atoms with Crippen LogP contribution >= 0.6 is 22.9 Å². The first kappa shape index (κ1) is 17.1. The number of thiophene rings is 1. The third kappa shape index (κ3) is 3.10. The molecule has 26 heavy (non-hydrogen) atoms. The van der Waals surface area contributed by atoms with Crippen LogP contribution in [0.1, 0.15) is 26.6 Å². The van der Waals surface area contributed by atoms with Gasteiger partial charge in [0.1, 0.15) is 5.58 Å². The molecule has 1 aliphatic heterocycles. The van der Waals surface area contributed by atoms with Gasteiger partial charge in [-0.3, -0.25) is 4.79 Å². The number of hydrogen-bond donors (Lipinski definition) is 0. The Labute approximate surface area is 159 Å². The predicted octanol–water partition coefficient (Wildman–Crippen LogP) is 4.20. The summed E-state index contributed by atoms with van der Waals surface area (Å²) in [6, 6.07) is 7.18. The summed E-state index contributed by atoms with van der Waals surface area (Å²) in [6.07, 6.45) is 0.843. The molecular weight excluding hydrogens is 374 g/mol. The van der Waals surface area contributed by atoms with Crippen molar-refractivity contribution in [2.24, 2.45) is 0 Å². The molecule has 0 N–H and O–H groups in total. The molecule has 7 heteroatoms. The van der Waals surface area contributed by atoms with Gasteiger partial charge in [-0.1, -0.05) is 11.6 Å². The van der Waals surface area contributed by atoms with Crippen LogP contribution in [0.15, 0.2) is 34.1 Å². The maximum atomic E-state index is 12.4. The Hall–Kier alpha value is -2.31. The molecule has 2 aromatic heterocycles. The number of halogens is 1. The fourth-order valence-corrected chi connectivity index (χ4v) is 4.20. The van der Waals surface area contributed by atoms with Crippen molar-refractivity contribution in [2.75, 3.05) is 13.2 Å². The van der Waals surface area contributed by atoms with Crippen LogP contribution in [-0.2, 0) is 22.5 Å². The molecule has 3 aromatic rings. The number of furan rings is 1. The Bertz CT molecular complexity index is 1010. The van der Waals surface area contributed by atoms with Gasteiger partial charge in [-0.05, 0) is 48.6 Å². The lowest BCUT2D eigenvalue weighted by atomic mass is 10.1. The second-order valence-electron chi connectivity index (χ2n) is 6.21. The minimum Gasteiger partial charge on any atom is -0.450 e. The predicted molar refractivity (Wildman–Crippen MR) is 99.7 cm³/mol. The average molecular weight is 390 g/mol. The van der Waals surface area contributed by atoms with Gasteiger partial charge in [0.2, 0.25) is 5.76 Å². The van der Waals surface area contributed by atoms with E-state index >= 15 is 0 Å². The highest BCUT2D eigenvalue weighted by atomic mass is 35.5. The lowest BCUT2D eigenvalue weighted by Gasteiger charge is -2.26. The van der Waals surface area contributed by atoms with Gasteiger partial charge < -0.3 is 14.1 Å². The molecule has 0 radical (unpaired) electrons. The Kier molecular flexibility index (Phi) is 4.46. The molecule has 5 nitrogen and oxygen atoms in total. The van der Waals surface area contributed by atoms with Crippen molar-refractivity contribution < 1.29 is 18.7 Å². The molecule has 0 unspecified atom stereocenters. The molecule has 1 aliphatic rings. The highest BCUT2D eigenvalue weighted by Gasteiger charge is 2.24. The molecule has 1 aromatic carbocycles. The molecule has 0 spiro atoms. The minimum atomic E-state index is -0.642. The van der Waals surface area contributed by atoms with Gasteiger partial charge >= 0.3 is 5.97 Å². The molecule has 0 saturated carbocycles. The van der Waals surface area contributed by atoms with E-state index in [4.69, 9.17) is 20.8 Å². The summed E-state index contributed by atoms with van der Waals surface area (Å²) in [5.41, 5.74) is 2.39. The molecule has 0 atom stereocenters. The summed E-state index contributed by atoms with van der Waals surface area (Å²) in [5, 5.41) is 3.36. The standard InChI is InChI=1S/C19H16ClNO4S/c1-11-14-8-13(20)2-3-15(14)25-18(11)19(23)24-10-17(22)21-6-4-16-12(9-21)5-7-26-16/h2-3,5,7-8H,4,6,9-10H2,1H3. The van der Waals surface area contributed by atoms with E-state index in [1.807, 2.05) is 11.4 Å². The number of aryl methyl sites for hydroxylation is 1. The Morgan fingerprint density at radius 2 is 2.19 bits per heavy atom. The van der Waals surface area contributed by atoms with Crippen molar-refractivity contribution in [2.45, 2.75) is 19.9 Å². The first-order valence-corrected chi connectivity index (χ1v) is 9.47. The second-order valence-corrected chi connectivity index (χ2v) is 7.64. The van der Waals surface area contributed by atoms with Crippen LogP contribution in [0.25, 0.3) is 11.0 Å². The van der Waals surface area contributed by atoms with E-state index in [1.54, 1.807) is 41.4 Å². The third-order valence-corrected chi connectivity index (χ3v) is 5.83.